The minimum absolute atomic E-state index is 0. The van der Waals surface area contributed by atoms with Crippen LogP contribution in [0.1, 0.15) is 32.4 Å². The molecule has 0 fully saturated rings. The Balaban J connectivity index is 0.00000314. The molecule has 0 saturated heterocycles. The van der Waals surface area contributed by atoms with Gasteiger partial charge in [-0.3, -0.25) is 0 Å². The topological polar surface area (TPSA) is 9.86 Å². The molecule has 2 heteroatoms. The molecule has 0 spiro atoms. The van der Waals surface area contributed by atoms with Crippen molar-refractivity contribution in [3.63, 3.8) is 0 Å². The van der Waals surface area contributed by atoms with Crippen molar-refractivity contribution in [2.45, 2.75) is 26.7 Å². The van der Waals surface area contributed by atoms with E-state index in [9.17, 15) is 0 Å². The molecule has 0 bridgehead atoms. The fourth-order valence-corrected chi connectivity index (χ4v) is 8.26. The van der Waals surface area contributed by atoms with E-state index in [2.05, 4.69) is 181 Å². The predicted octanol–water partition coefficient (Wildman–Crippen LogP) is 12.5. The number of fused-ring (bicyclic) bond motifs is 9. The number of rotatable bonds is 3. The Morgan fingerprint density at radius 1 is 0.375 bits per heavy atom. The third-order valence-electron chi connectivity index (χ3n) is 10.5. The summed E-state index contributed by atoms with van der Waals surface area (Å²) >= 11 is 0. The lowest BCUT2D eigenvalue weighted by molar-refractivity contribution is 0.661. The van der Waals surface area contributed by atoms with Crippen molar-refractivity contribution >= 4 is 43.6 Å². The van der Waals surface area contributed by atoms with E-state index in [0.29, 0.717) is 0 Å². The third kappa shape index (κ3) is 3.86. The molecular weight excluding hydrogens is 581 g/mol. The van der Waals surface area contributed by atoms with Crippen LogP contribution in [0.2, 0.25) is 0 Å². The number of hydrogen-bond acceptors (Lipinski definition) is 0. The van der Waals surface area contributed by atoms with Gasteiger partial charge in [-0.2, -0.15) is 0 Å². The lowest BCUT2D eigenvalue weighted by atomic mass is 9.82. The highest BCUT2D eigenvalue weighted by molar-refractivity contribution is 6.14. The van der Waals surface area contributed by atoms with Crippen LogP contribution in [-0.4, -0.2) is 9.13 Å². The zero-order valence-corrected chi connectivity index (χ0v) is 26.4. The van der Waals surface area contributed by atoms with Gasteiger partial charge in [0.25, 0.3) is 0 Å². The summed E-state index contributed by atoms with van der Waals surface area (Å²) in [5.74, 6) is 0. The number of hydrogen-bond donors (Lipinski definition) is 0. The van der Waals surface area contributed by atoms with Crippen molar-refractivity contribution in [3.05, 3.63) is 169 Å². The van der Waals surface area contributed by atoms with Crippen LogP contribution in [-0.2, 0) is 5.41 Å². The van der Waals surface area contributed by atoms with Crippen LogP contribution in [0.25, 0.3) is 77.2 Å². The molecule has 48 heavy (non-hydrogen) atoms. The Hall–Kier alpha value is -5.86. The Morgan fingerprint density at radius 2 is 0.875 bits per heavy atom. The Morgan fingerprint density at radius 3 is 1.54 bits per heavy atom. The summed E-state index contributed by atoms with van der Waals surface area (Å²) in [6.45, 7) is 4.73. The van der Waals surface area contributed by atoms with E-state index in [1.54, 1.807) is 0 Å². The van der Waals surface area contributed by atoms with Gasteiger partial charge < -0.3 is 9.13 Å². The summed E-state index contributed by atoms with van der Waals surface area (Å²) < 4.78 is 4.83. The molecule has 2 heterocycles. The lowest BCUT2D eigenvalue weighted by Crippen LogP contribution is -2.14. The molecule has 2 nitrogen and oxygen atoms in total. The molecule has 9 aromatic rings. The number of nitrogens with zero attached hydrogens (tertiary/aromatic N) is 2. The second kappa shape index (κ2) is 10.3. The van der Waals surface area contributed by atoms with Crippen molar-refractivity contribution in [3.8, 4) is 33.6 Å². The van der Waals surface area contributed by atoms with Crippen LogP contribution < -0.4 is 0 Å². The number of benzene rings is 7. The molecule has 0 saturated carbocycles. The first-order chi connectivity index (χ1) is 23.1. The van der Waals surface area contributed by atoms with Gasteiger partial charge in [0.05, 0.1) is 22.1 Å². The smallest absolute Gasteiger partial charge is 0.0544 e. The normalized spacial score (nSPS) is 13.2. The summed E-state index contributed by atoms with van der Waals surface area (Å²) in [5, 5.41) is 5.11. The van der Waals surface area contributed by atoms with Crippen molar-refractivity contribution in [2.75, 3.05) is 0 Å². The van der Waals surface area contributed by atoms with E-state index in [0.717, 1.165) is 0 Å². The first kappa shape index (κ1) is 28.4. The zero-order chi connectivity index (χ0) is 31.3. The molecule has 0 N–H and O–H groups in total. The summed E-state index contributed by atoms with van der Waals surface area (Å²) in [7, 11) is 0. The molecule has 10 rings (SSSR count). The first-order valence-electron chi connectivity index (χ1n) is 16.4. The molecule has 0 radical (unpaired) electrons. The number of para-hydroxylation sites is 3. The quantitative estimate of drug-likeness (QED) is 0.187. The standard InChI is InChI=1S/C45H32N2.CH4/c1-45(2)39-19-11-9-17-33(39)35-27-38-37-26-30(22-24-43(37)47(44(38)28-40(35)45)32-15-7-4-8-16-32)29-21-23-42-36(25-29)34-18-10-12-20-41(34)46(42)31-13-5-3-6-14-31;/h3-28H,1-2H3;1H4. The van der Waals surface area contributed by atoms with Gasteiger partial charge in [0, 0.05) is 38.3 Å². The van der Waals surface area contributed by atoms with E-state index in [4.69, 9.17) is 0 Å². The minimum atomic E-state index is -0.0579. The molecule has 0 aliphatic heterocycles. The van der Waals surface area contributed by atoms with Gasteiger partial charge in [-0.05, 0) is 100 Å². The van der Waals surface area contributed by atoms with Crippen molar-refractivity contribution in [1.29, 1.82) is 0 Å². The molecule has 0 unspecified atom stereocenters. The summed E-state index contributed by atoms with van der Waals surface area (Å²) in [4.78, 5) is 0. The fourth-order valence-electron chi connectivity index (χ4n) is 8.26. The van der Waals surface area contributed by atoms with E-state index in [-0.39, 0.29) is 12.8 Å². The van der Waals surface area contributed by atoms with Crippen molar-refractivity contribution in [1.82, 2.24) is 9.13 Å². The lowest BCUT2D eigenvalue weighted by Gasteiger charge is -2.21. The van der Waals surface area contributed by atoms with Gasteiger partial charge in [-0.15, -0.1) is 0 Å². The maximum Gasteiger partial charge on any atom is 0.0544 e. The monoisotopic (exact) mass is 616 g/mol. The van der Waals surface area contributed by atoms with Crippen LogP contribution in [0.4, 0.5) is 0 Å². The van der Waals surface area contributed by atoms with Crippen LogP contribution in [0.3, 0.4) is 0 Å². The third-order valence-corrected chi connectivity index (χ3v) is 10.5. The largest absolute Gasteiger partial charge is 0.309 e. The van der Waals surface area contributed by atoms with Crippen LogP contribution >= 0.6 is 0 Å². The Labute approximate surface area is 281 Å². The van der Waals surface area contributed by atoms with Crippen LogP contribution in [0.15, 0.2) is 158 Å². The molecule has 0 amide bonds. The minimum Gasteiger partial charge on any atom is -0.309 e. The van der Waals surface area contributed by atoms with E-state index >= 15 is 0 Å². The van der Waals surface area contributed by atoms with Gasteiger partial charge in [-0.1, -0.05) is 112 Å². The maximum absolute atomic E-state index is 2.46. The second-order valence-corrected chi connectivity index (χ2v) is 13.4. The predicted molar refractivity (Wildman–Crippen MR) is 205 cm³/mol. The SMILES string of the molecule is C.CC1(C)c2ccccc2-c2cc3c4cc(-c5ccc6c(c5)c5ccccc5n6-c5ccccc5)ccc4n(-c4ccccc4)c3cc21. The molecule has 2 aromatic heterocycles. The van der Waals surface area contributed by atoms with E-state index in [1.807, 2.05) is 0 Å². The highest BCUT2D eigenvalue weighted by Gasteiger charge is 2.36. The van der Waals surface area contributed by atoms with Crippen molar-refractivity contribution in [2.24, 2.45) is 0 Å². The highest BCUT2D eigenvalue weighted by atomic mass is 15.0. The molecule has 230 valence electrons. The maximum atomic E-state index is 2.46. The van der Waals surface area contributed by atoms with Crippen LogP contribution in [0.5, 0.6) is 0 Å². The average Bonchev–Trinajstić information content (AvgIpc) is 3.71. The van der Waals surface area contributed by atoms with E-state index in [1.165, 1.54) is 88.4 Å². The molecule has 1 aliphatic carbocycles. The first-order valence-corrected chi connectivity index (χ1v) is 16.4. The summed E-state index contributed by atoms with van der Waals surface area (Å²) in [6.07, 6.45) is 0. The average molecular weight is 617 g/mol. The second-order valence-electron chi connectivity index (χ2n) is 13.4. The Bertz CT molecular complexity index is 2690. The summed E-state index contributed by atoms with van der Waals surface area (Å²) in [5.41, 5.74) is 15.2. The van der Waals surface area contributed by atoms with Gasteiger partial charge in [0.1, 0.15) is 0 Å². The number of aromatic nitrogens is 2. The van der Waals surface area contributed by atoms with Gasteiger partial charge in [0.15, 0.2) is 0 Å². The van der Waals surface area contributed by atoms with Gasteiger partial charge in [0.2, 0.25) is 0 Å². The molecule has 0 atom stereocenters. The molecule has 7 aromatic carbocycles. The van der Waals surface area contributed by atoms with E-state index < -0.39 is 0 Å². The van der Waals surface area contributed by atoms with Crippen molar-refractivity contribution < 1.29 is 0 Å². The summed E-state index contributed by atoms with van der Waals surface area (Å²) in [6, 6.07) is 58.1. The highest BCUT2D eigenvalue weighted by Crippen LogP contribution is 2.51. The molecular formula is C46H36N2. The fraction of sp³-hybridized carbons (Fsp3) is 0.0870. The van der Waals surface area contributed by atoms with Gasteiger partial charge >= 0.3 is 0 Å². The Kier molecular flexibility index (Phi) is 6.10. The molecule has 1 aliphatic rings. The van der Waals surface area contributed by atoms with Gasteiger partial charge in [-0.25, -0.2) is 0 Å². The van der Waals surface area contributed by atoms with Crippen LogP contribution in [0, 0.1) is 0 Å². The zero-order valence-electron chi connectivity index (χ0n) is 26.4.